The molecule has 0 aromatic heterocycles. The van der Waals surface area contributed by atoms with Crippen LogP contribution in [0.1, 0.15) is 19.4 Å². The lowest BCUT2D eigenvalue weighted by molar-refractivity contribution is 0.414. The normalized spacial score (nSPS) is 11.6. The Bertz CT molecular complexity index is 435. The van der Waals surface area contributed by atoms with Gasteiger partial charge in [0.25, 0.3) is 0 Å². The van der Waals surface area contributed by atoms with Crippen molar-refractivity contribution in [1.82, 2.24) is 10.6 Å². The van der Waals surface area contributed by atoms with Gasteiger partial charge in [-0.25, -0.2) is 0 Å². The van der Waals surface area contributed by atoms with E-state index in [0.717, 1.165) is 23.7 Å². The van der Waals surface area contributed by atoms with Crippen LogP contribution in [0.5, 0.6) is 5.75 Å². The lowest BCUT2D eigenvalue weighted by Gasteiger charge is -2.13. The highest BCUT2D eigenvalue weighted by molar-refractivity contribution is 5.95. The molecule has 18 heavy (non-hydrogen) atoms. The molecule has 0 aliphatic rings. The van der Waals surface area contributed by atoms with Crippen molar-refractivity contribution < 1.29 is 4.74 Å². The van der Waals surface area contributed by atoms with Crippen molar-refractivity contribution in [2.75, 3.05) is 14.2 Å². The Morgan fingerprint density at radius 2 is 1.83 bits per heavy atom. The van der Waals surface area contributed by atoms with Gasteiger partial charge in [0.05, 0.1) is 18.5 Å². The van der Waals surface area contributed by atoms with E-state index in [1.165, 1.54) is 5.56 Å². The fourth-order valence-corrected chi connectivity index (χ4v) is 1.72. The fourth-order valence-electron chi connectivity index (χ4n) is 1.72. The maximum atomic E-state index is 7.64. The molecule has 0 saturated carbocycles. The smallest absolute Gasteiger partial charge is 0.118 e. The highest BCUT2D eigenvalue weighted by Gasteiger charge is 2.02. The first-order valence-corrected chi connectivity index (χ1v) is 5.89. The molecule has 0 aliphatic heterocycles. The number of nitrogens with one attached hydrogen (secondary N) is 3. The number of allylic oxidation sites excluding steroid dienone is 2. The van der Waals surface area contributed by atoms with E-state index in [0.29, 0.717) is 5.71 Å². The van der Waals surface area contributed by atoms with Crippen LogP contribution < -0.4 is 15.4 Å². The highest BCUT2D eigenvalue weighted by atomic mass is 16.5. The minimum Gasteiger partial charge on any atom is -0.497 e. The van der Waals surface area contributed by atoms with Crippen molar-refractivity contribution >= 4 is 5.71 Å². The van der Waals surface area contributed by atoms with Gasteiger partial charge in [-0.2, -0.15) is 0 Å². The van der Waals surface area contributed by atoms with E-state index in [1.54, 1.807) is 14.0 Å². The third-order valence-electron chi connectivity index (χ3n) is 2.72. The third kappa shape index (κ3) is 3.80. The summed E-state index contributed by atoms with van der Waals surface area (Å²) in [5, 5.41) is 14.0. The number of methoxy groups -OCH3 is 1. The molecule has 3 N–H and O–H groups in total. The lowest BCUT2D eigenvalue weighted by atomic mass is 10.2. The summed E-state index contributed by atoms with van der Waals surface area (Å²) in [6.45, 7) is 4.46. The van der Waals surface area contributed by atoms with Crippen LogP contribution in [-0.2, 0) is 6.54 Å². The quantitative estimate of drug-likeness (QED) is 0.676. The van der Waals surface area contributed by atoms with Crippen molar-refractivity contribution in [3.05, 3.63) is 41.2 Å². The maximum Gasteiger partial charge on any atom is 0.118 e. The van der Waals surface area contributed by atoms with Gasteiger partial charge in [-0.05, 0) is 31.5 Å². The summed E-state index contributed by atoms with van der Waals surface area (Å²) < 4.78 is 5.11. The predicted molar refractivity (Wildman–Crippen MR) is 75.0 cm³/mol. The van der Waals surface area contributed by atoms with Gasteiger partial charge in [-0.15, -0.1) is 0 Å². The topological polar surface area (TPSA) is 57.1 Å². The average molecular weight is 247 g/mol. The van der Waals surface area contributed by atoms with Gasteiger partial charge in [-0.3, -0.25) is 0 Å². The molecule has 0 fully saturated rings. The molecular formula is C14H21N3O. The molecule has 98 valence electrons. The van der Waals surface area contributed by atoms with E-state index in [-0.39, 0.29) is 0 Å². The van der Waals surface area contributed by atoms with Gasteiger partial charge in [0.1, 0.15) is 5.75 Å². The van der Waals surface area contributed by atoms with Gasteiger partial charge in [-0.1, -0.05) is 12.1 Å². The molecule has 4 nitrogen and oxygen atoms in total. The molecule has 0 aliphatic carbocycles. The Morgan fingerprint density at radius 3 is 2.28 bits per heavy atom. The van der Waals surface area contributed by atoms with Crippen LogP contribution in [-0.4, -0.2) is 19.9 Å². The maximum absolute atomic E-state index is 7.64. The molecule has 0 saturated heterocycles. The van der Waals surface area contributed by atoms with E-state index in [2.05, 4.69) is 10.6 Å². The molecule has 0 spiro atoms. The zero-order chi connectivity index (χ0) is 13.5. The summed E-state index contributed by atoms with van der Waals surface area (Å²) in [7, 11) is 3.48. The predicted octanol–water partition coefficient (Wildman–Crippen LogP) is 2.28. The molecule has 0 unspecified atom stereocenters. The summed E-state index contributed by atoms with van der Waals surface area (Å²) in [4.78, 5) is 0. The molecular weight excluding hydrogens is 226 g/mol. The molecule has 1 aromatic carbocycles. The van der Waals surface area contributed by atoms with E-state index in [1.807, 2.05) is 38.2 Å². The van der Waals surface area contributed by atoms with Gasteiger partial charge >= 0.3 is 0 Å². The molecule has 1 rings (SSSR count). The Hall–Kier alpha value is -1.97. The van der Waals surface area contributed by atoms with E-state index in [4.69, 9.17) is 10.1 Å². The van der Waals surface area contributed by atoms with Gasteiger partial charge in [0.15, 0.2) is 0 Å². The number of ether oxygens (including phenoxy) is 1. The largest absolute Gasteiger partial charge is 0.497 e. The Labute approximate surface area is 109 Å². The van der Waals surface area contributed by atoms with Crippen LogP contribution >= 0.6 is 0 Å². The third-order valence-corrected chi connectivity index (χ3v) is 2.72. The van der Waals surface area contributed by atoms with E-state index >= 15 is 0 Å². The molecule has 0 radical (unpaired) electrons. The summed E-state index contributed by atoms with van der Waals surface area (Å²) in [5.74, 6) is 0.859. The summed E-state index contributed by atoms with van der Waals surface area (Å²) in [5.41, 5.74) is 3.51. The Balaban J connectivity index is 2.66. The Kier molecular flexibility index (Phi) is 5.24. The second kappa shape index (κ2) is 6.69. The minimum atomic E-state index is 0.525. The van der Waals surface area contributed by atoms with E-state index < -0.39 is 0 Å². The monoisotopic (exact) mass is 247 g/mol. The fraction of sp³-hybridized carbons (Fsp3) is 0.357. The van der Waals surface area contributed by atoms with Crippen LogP contribution in [0.2, 0.25) is 0 Å². The zero-order valence-electron chi connectivity index (χ0n) is 11.4. The Morgan fingerprint density at radius 1 is 1.22 bits per heavy atom. The van der Waals surface area contributed by atoms with Crippen molar-refractivity contribution in [2.24, 2.45) is 0 Å². The number of rotatable bonds is 6. The first-order chi connectivity index (χ1) is 8.58. The highest BCUT2D eigenvalue weighted by Crippen LogP contribution is 2.11. The number of hydrogen-bond donors (Lipinski definition) is 3. The van der Waals surface area contributed by atoms with Crippen molar-refractivity contribution in [3.63, 3.8) is 0 Å². The first kappa shape index (κ1) is 14.1. The van der Waals surface area contributed by atoms with Gasteiger partial charge in [0, 0.05) is 19.3 Å². The molecule has 0 heterocycles. The van der Waals surface area contributed by atoms with Gasteiger partial charge < -0.3 is 20.8 Å². The van der Waals surface area contributed by atoms with Gasteiger partial charge in [0.2, 0.25) is 0 Å². The molecule has 0 amide bonds. The van der Waals surface area contributed by atoms with Crippen molar-refractivity contribution in [1.29, 1.82) is 5.41 Å². The van der Waals surface area contributed by atoms with Crippen LogP contribution in [0.3, 0.4) is 0 Å². The lowest BCUT2D eigenvalue weighted by Crippen LogP contribution is -2.22. The standard InChI is InChI=1S/C14H21N3O/c1-10(15)14(16-3)11(2)17-9-12-5-7-13(18-4)8-6-12/h5-8,15-17H,9H2,1-4H3/b14-11+,15-10?. The van der Waals surface area contributed by atoms with Crippen LogP contribution in [0, 0.1) is 5.41 Å². The summed E-state index contributed by atoms with van der Waals surface area (Å²) in [6, 6.07) is 7.93. The number of benzene rings is 1. The second-order valence-corrected chi connectivity index (χ2v) is 4.08. The average Bonchev–Trinajstić information content (AvgIpc) is 2.37. The zero-order valence-corrected chi connectivity index (χ0v) is 11.4. The minimum absolute atomic E-state index is 0.525. The van der Waals surface area contributed by atoms with E-state index in [9.17, 15) is 0 Å². The van der Waals surface area contributed by atoms with Crippen LogP contribution in [0.15, 0.2) is 35.7 Å². The molecule has 0 atom stereocenters. The van der Waals surface area contributed by atoms with Crippen molar-refractivity contribution in [3.8, 4) is 5.75 Å². The van der Waals surface area contributed by atoms with Crippen molar-refractivity contribution in [2.45, 2.75) is 20.4 Å². The molecule has 1 aromatic rings. The second-order valence-electron chi connectivity index (χ2n) is 4.08. The first-order valence-electron chi connectivity index (χ1n) is 5.89. The number of hydrogen-bond acceptors (Lipinski definition) is 4. The van der Waals surface area contributed by atoms with Crippen LogP contribution in [0.4, 0.5) is 0 Å². The van der Waals surface area contributed by atoms with Crippen LogP contribution in [0.25, 0.3) is 0 Å². The SMILES string of the molecule is CN/C(C(C)=N)=C(\C)NCc1ccc(OC)cc1. The summed E-state index contributed by atoms with van der Waals surface area (Å²) in [6.07, 6.45) is 0. The summed E-state index contributed by atoms with van der Waals surface area (Å²) >= 11 is 0. The molecule has 4 heteroatoms. The molecule has 0 bridgehead atoms.